The van der Waals surface area contributed by atoms with Crippen LogP contribution in [0.1, 0.15) is 132 Å². The largest absolute Gasteiger partial charge is 0.478 e. The molecule has 3 N–H and O–H groups in total. The number of rotatable bonds is 13. The number of halogens is 6. The molecule has 388 valence electrons. The average Bonchev–Trinajstić information content (AvgIpc) is 4.23. The lowest BCUT2D eigenvalue weighted by Gasteiger charge is -2.34. The van der Waals surface area contributed by atoms with Crippen LogP contribution in [0.3, 0.4) is 0 Å². The van der Waals surface area contributed by atoms with Crippen molar-refractivity contribution in [3.05, 3.63) is 130 Å². The van der Waals surface area contributed by atoms with Crippen LogP contribution in [0.4, 0.5) is 14.5 Å². The number of aliphatic hydroxyl groups is 2. The lowest BCUT2D eigenvalue weighted by Crippen LogP contribution is -2.34. The fourth-order valence-electron chi connectivity index (χ4n) is 9.77. The van der Waals surface area contributed by atoms with Crippen molar-refractivity contribution in [3.63, 3.8) is 0 Å². The Hall–Kier alpha value is -5.24. The number of carbonyl (C=O) groups is 1. The molecular weight excluding hydrogens is 1090 g/mol. The van der Waals surface area contributed by atoms with Gasteiger partial charge in [0, 0.05) is 63.6 Å². The molecule has 0 amide bonds. The first-order valence-corrected chi connectivity index (χ1v) is 27.3. The van der Waals surface area contributed by atoms with Gasteiger partial charge in [0.1, 0.15) is 61.0 Å². The number of hydrogen-bond acceptors (Lipinski definition) is 15. The summed E-state index contributed by atoms with van der Waals surface area (Å²) in [6.45, 7) is 7.69. The number of carboxylic acids is 1. The zero-order valence-electron chi connectivity index (χ0n) is 39.4. The highest BCUT2D eigenvalue weighted by Crippen LogP contribution is 2.49. The maximum Gasteiger partial charge on any atom is 0.335 e. The molecule has 0 bridgehead atoms. The Balaban J connectivity index is 0.000000161. The van der Waals surface area contributed by atoms with E-state index in [4.69, 9.17) is 71.5 Å². The minimum absolute atomic E-state index is 0.0721. The molecule has 6 heterocycles. The maximum absolute atomic E-state index is 14.5. The Morgan fingerprint density at radius 1 is 0.667 bits per heavy atom. The monoisotopic (exact) mass is 1140 g/mol. The van der Waals surface area contributed by atoms with Crippen molar-refractivity contribution in [2.45, 2.75) is 126 Å². The molecule has 4 fully saturated rings. The highest BCUT2D eigenvalue weighted by molar-refractivity contribution is 7.19. The molecule has 0 radical (unpaired) electrons. The summed E-state index contributed by atoms with van der Waals surface area (Å²) < 4.78 is 53.8. The lowest BCUT2D eigenvalue weighted by atomic mass is 9.83. The normalized spacial score (nSPS) is 21.8. The SMILES string of the molecule is O=C(O)c1cc(F)c2nc(C3(O)CCC(OCc4c(-c5c(Cl)cncc5Cl)noc4C4CC4)CC3)sc2c1.[C-]#[N+]c1cc(F)c2nc(C3(O)CCC(OCc4c(-c5c(Cl)cncc5Cl)noc4C4CC4)CC3)sc2c1. The van der Waals surface area contributed by atoms with Gasteiger partial charge >= 0.3 is 5.97 Å². The number of thiazole rings is 2. The zero-order chi connectivity index (χ0) is 52.3. The Morgan fingerprint density at radius 2 is 1.08 bits per heavy atom. The summed E-state index contributed by atoms with van der Waals surface area (Å²) in [6.07, 6.45) is 13.9. The Labute approximate surface area is 454 Å². The van der Waals surface area contributed by atoms with Gasteiger partial charge in [-0.3, -0.25) is 9.97 Å². The van der Waals surface area contributed by atoms with Gasteiger partial charge in [0.05, 0.1) is 62.3 Å². The lowest BCUT2D eigenvalue weighted by molar-refractivity contribution is -0.0641. The summed E-state index contributed by atoms with van der Waals surface area (Å²) in [5.74, 6) is -0.267. The van der Waals surface area contributed by atoms with E-state index in [1.807, 2.05) is 0 Å². The Morgan fingerprint density at radius 3 is 1.48 bits per heavy atom. The zero-order valence-corrected chi connectivity index (χ0v) is 44.1. The van der Waals surface area contributed by atoms with Gasteiger partial charge in [0.25, 0.3) is 0 Å². The minimum Gasteiger partial charge on any atom is -0.478 e. The standard InChI is InChI=1S/C26H21Cl2FN4O3S.C26H22Cl2FN3O5S/c1-30-14-8-19(29)23-20(9-14)37-25(32-23)26(34)6-4-15(5-7-26)35-12-16-22(33-36-24(16)13-2-3-13)21-17(27)10-31-11-18(21)28;27-16-9-30-10-17(28)20(16)21-15(23(37-32-21)12-1-2-12)11-36-14-3-5-26(35,6-4-14)25-31-22-18(29)7-13(24(33)34)8-19(22)38-25/h8-11,13,15,34H,2-7,12H2;7-10,12,14,35H,1-6,11H2,(H,33,34). The fraction of sp³-hybridized carbons (Fsp3) is 0.385. The molecule has 6 aromatic heterocycles. The van der Waals surface area contributed by atoms with Gasteiger partial charge in [-0.15, -0.1) is 22.7 Å². The third-order valence-electron chi connectivity index (χ3n) is 14.2. The van der Waals surface area contributed by atoms with Gasteiger partial charge in [0.15, 0.2) is 11.5 Å². The number of aromatic nitrogens is 6. The van der Waals surface area contributed by atoms with Crippen molar-refractivity contribution in [2.75, 3.05) is 0 Å². The van der Waals surface area contributed by atoms with E-state index in [0.717, 1.165) is 65.7 Å². The van der Waals surface area contributed by atoms with Crippen LogP contribution in [0, 0.1) is 18.2 Å². The van der Waals surface area contributed by atoms with Crippen molar-refractivity contribution in [2.24, 2.45) is 0 Å². The van der Waals surface area contributed by atoms with E-state index in [0.29, 0.717) is 125 Å². The Kier molecular flexibility index (Phi) is 14.5. The smallest absolute Gasteiger partial charge is 0.335 e. The third kappa shape index (κ3) is 10.5. The van der Waals surface area contributed by atoms with Gasteiger partial charge < -0.3 is 33.8 Å². The van der Waals surface area contributed by atoms with E-state index in [2.05, 4.69) is 35.1 Å². The molecule has 0 aliphatic heterocycles. The molecule has 0 unspecified atom stereocenters. The molecule has 8 aromatic rings. The van der Waals surface area contributed by atoms with Crippen LogP contribution in [-0.4, -0.2) is 63.7 Å². The second-order valence-electron chi connectivity index (χ2n) is 19.4. The molecule has 4 aliphatic carbocycles. The molecule has 75 heavy (non-hydrogen) atoms. The number of benzene rings is 2. The van der Waals surface area contributed by atoms with E-state index >= 15 is 0 Å². The first-order valence-electron chi connectivity index (χ1n) is 24.1. The molecule has 23 heteroatoms. The van der Waals surface area contributed by atoms with Gasteiger partial charge in [-0.2, -0.15) is 0 Å². The molecule has 15 nitrogen and oxygen atoms in total. The molecule has 2 aromatic carbocycles. The number of fused-ring (bicyclic) bond motifs is 2. The van der Waals surface area contributed by atoms with E-state index in [1.54, 1.807) is 6.07 Å². The molecular formula is C52H43Cl4F2N7O8S2. The van der Waals surface area contributed by atoms with Gasteiger partial charge in [0.2, 0.25) is 0 Å². The molecule has 4 saturated carbocycles. The van der Waals surface area contributed by atoms with Gasteiger partial charge in [-0.05, 0) is 101 Å². The van der Waals surface area contributed by atoms with Gasteiger partial charge in [-0.25, -0.2) is 28.4 Å². The van der Waals surface area contributed by atoms with Crippen molar-refractivity contribution in [1.29, 1.82) is 0 Å². The maximum atomic E-state index is 14.5. The first kappa shape index (κ1) is 51.8. The number of aromatic carboxylic acids is 1. The fourth-order valence-corrected chi connectivity index (χ4v) is 13.2. The quantitative estimate of drug-likeness (QED) is 0.0919. The van der Waals surface area contributed by atoms with Crippen molar-refractivity contribution >= 4 is 101 Å². The van der Waals surface area contributed by atoms with E-state index in [1.165, 1.54) is 48.3 Å². The third-order valence-corrected chi connectivity index (χ3v) is 17.8. The number of ether oxygens (including phenoxy) is 2. The summed E-state index contributed by atoms with van der Waals surface area (Å²) in [5.41, 5.74) is 1.86. The molecule has 0 spiro atoms. The van der Waals surface area contributed by atoms with Gasteiger partial charge in [-0.1, -0.05) is 56.7 Å². The Bertz CT molecular complexity index is 3500. The number of nitrogens with zero attached hydrogens (tertiary/aromatic N) is 7. The highest BCUT2D eigenvalue weighted by Gasteiger charge is 2.41. The van der Waals surface area contributed by atoms with E-state index in [-0.39, 0.29) is 47.7 Å². The van der Waals surface area contributed by atoms with Crippen LogP contribution in [0.5, 0.6) is 0 Å². The summed E-state index contributed by atoms with van der Waals surface area (Å²) in [6, 6.07) is 5.12. The predicted octanol–water partition coefficient (Wildman–Crippen LogP) is 14.3. The number of pyridine rings is 2. The van der Waals surface area contributed by atoms with E-state index in [9.17, 15) is 28.9 Å². The van der Waals surface area contributed by atoms with Crippen molar-refractivity contribution < 1.29 is 47.4 Å². The van der Waals surface area contributed by atoms with Crippen LogP contribution in [0.15, 0.2) is 58.1 Å². The summed E-state index contributed by atoms with van der Waals surface area (Å²) in [4.78, 5) is 31.3. The van der Waals surface area contributed by atoms with Crippen LogP contribution in [0.25, 0.3) is 47.8 Å². The highest BCUT2D eigenvalue weighted by atomic mass is 35.5. The topological polar surface area (TPSA) is 204 Å². The average molecular weight is 1140 g/mol. The molecule has 0 atom stereocenters. The van der Waals surface area contributed by atoms with E-state index < -0.39 is 28.8 Å². The van der Waals surface area contributed by atoms with Crippen molar-refractivity contribution in [3.8, 4) is 22.5 Å². The molecule has 4 aliphatic rings. The number of carboxylic acid groups (broad SMARTS) is 1. The molecule has 12 rings (SSSR count). The second kappa shape index (κ2) is 20.9. The minimum atomic E-state index is -1.24. The first-order chi connectivity index (χ1) is 36.1. The van der Waals surface area contributed by atoms with Crippen LogP contribution in [-0.2, 0) is 33.9 Å². The second-order valence-corrected chi connectivity index (χ2v) is 23.1. The van der Waals surface area contributed by atoms with Crippen molar-refractivity contribution in [1.82, 2.24) is 30.2 Å². The molecule has 0 saturated heterocycles. The predicted molar refractivity (Wildman–Crippen MR) is 278 cm³/mol. The van der Waals surface area contributed by atoms with Crippen LogP contribution in [0.2, 0.25) is 20.1 Å². The van der Waals surface area contributed by atoms with Crippen LogP contribution < -0.4 is 0 Å². The summed E-state index contributed by atoms with van der Waals surface area (Å²) in [7, 11) is 0. The number of hydrogen-bond donors (Lipinski definition) is 3. The van der Waals surface area contributed by atoms with Crippen LogP contribution >= 0.6 is 69.1 Å². The summed E-state index contributed by atoms with van der Waals surface area (Å²) in [5, 5.41) is 42.9. The summed E-state index contributed by atoms with van der Waals surface area (Å²) >= 11 is 27.9.